The Morgan fingerprint density at radius 3 is 2.33 bits per heavy atom. The van der Waals surface area contributed by atoms with Crippen molar-refractivity contribution in [2.24, 2.45) is 0 Å². The van der Waals surface area contributed by atoms with E-state index in [9.17, 15) is 14.9 Å². The summed E-state index contributed by atoms with van der Waals surface area (Å²) in [4.78, 5) is 20.2. The number of non-ortho nitro benzene ring substituents is 1. The molecular weight excluding hydrogens is 198 g/mol. The minimum Gasteiger partial charge on any atom is -0.481 e. The number of nitrogens with zero attached hydrogens (tertiary/aromatic N) is 1. The second kappa shape index (κ2) is 4.36. The lowest BCUT2D eigenvalue weighted by Crippen LogP contribution is -1.96. The van der Waals surface area contributed by atoms with Gasteiger partial charge in [-0.1, -0.05) is 6.58 Å². The summed E-state index contributed by atoms with van der Waals surface area (Å²) in [5, 5.41) is 18.9. The molecule has 5 heteroatoms. The van der Waals surface area contributed by atoms with Crippen LogP contribution < -0.4 is 0 Å². The molecule has 0 atom stereocenters. The lowest BCUT2D eigenvalue weighted by molar-refractivity contribution is -0.384. The van der Waals surface area contributed by atoms with Gasteiger partial charge in [-0.25, -0.2) is 0 Å². The lowest BCUT2D eigenvalue weighted by atomic mass is 10.0. The Bertz CT molecular complexity index is 408. The third kappa shape index (κ3) is 2.91. The van der Waals surface area contributed by atoms with Gasteiger partial charge in [0.25, 0.3) is 5.69 Å². The number of aliphatic carboxylic acids is 1. The van der Waals surface area contributed by atoms with Gasteiger partial charge in [0.05, 0.1) is 11.3 Å². The summed E-state index contributed by atoms with van der Waals surface area (Å²) in [5.74, 6) is -0.974. The molecule has 0 saturated carbocycles. The van der Waals surface area contributed by atoms with Crippen molar-refractivity contribution in [2.75, 3.05) is 0 Å². The quantitative estimate of drug-likeness (QED) is 0.605. The second-order valence-electron chi connectivity index (χ2n) is 2.98. The van der Waals surface area contributed by atoms with E-state index in [4.69, 9.17) is 5.11 Å². The standard InChI is InChI=1S/C10H9NO4/c1-7(6-10(12)13)8-2-4-9(5-3-8)11(14)15/h2-5H,1,6H2,(H,12,13). The Morgan fingerprint density at radius 2 is 1.93 bits per heavy atom. The molecule has 1 aromatic carbocycles. The van der Waals surface area contributed by atoms with Crippen LogP contribution in [0.25, 0.3) is 5.57 Å². The molecule has 0 aliphatic carbocycles. The number of benzene rings is 1. The zero-order valence-electron chi connectivity index (χ0n) is 7.84. The van der Waals surface area contributed by atoms with Crippen molar-refractivity contribution < 1.29 is 14.8 Å². The zero-order valence-corrected chi connectivity index (χ0v) is 7.84. The van der Waals surface area contributed by atoms with Gasteiger partial charge in [0.15, 0.2) is 0 Å². The summed E-state index contributed by atoms with van der Waals surface area (Å²) >= 11 is 0. The van der Waals surface area contributed by atoms with E-state index >= 15 is 0 Å². The van der Waals surface area contributed by atoms with Crippen molar-refractivity contribution in [2.45, 2.75) is 6.42 Å². The van der Waals surface area contributed by atoms with Gasteiger partial charge in [-0.2, -0.15) is 0 Å². The summed E-state index contributed by atoms with van der Waals surface area (Å²) in [6, 6.07) is 5.62. The number of carboxylic acids is 1. The SMILES string of the molecule is C=C(CC(=O)O)c1ccc([N+](=O)[O-])cc1. The van der Waals surface area contributed by atoms with Crippen molar-refractivity contribution in [3.05, 3.63) is 46.5 Å². The van der Waals surface area contributed by atoms with Gasteiger partial charge < -0.3 is 5.11 Å². The smallest absolute Gasteiger partial charge is 0.307 e. The molecule has 0 aliphatic heterocycles. The van der Waals surface area contributed by atoms with Gasteiger partial charge in [-0.3, -0.25) is 14.9 Å². The number of carbonyl (C=O) groups is 1. The van der Waals surface area contributed by atoms with Gasteiger partial charge in [-0.05, 0) is 23.3 Å². The molecule has 0 aromatic heterocycles. The highest BCUT2D eigenvalue weighted by Gasteiger charge is 2.07. The molecule has 1 aromatic rings. The van der Waals surface area contributed by atoms with E-state index in [1.165, 1.54) is 24.3 Å². The molecule has 0 amide bonds. The normalized spacial score (nSPS) is 9.60. The van der Waals surface area contributed by atoms with E-state index < -0.39 is 10.9 Å². The molecule has 78 valence electrons. The lowest BCUT2D eigenvalue weighted by Gasteiger charge is -2.01. The number of nitro benzene ring substituents is 1. The number of rotatable bonds is 4. The first-order valence-corrected chi connectivity index (χ1v) is 4.15. The highest BCUT2D eigenvalue weighted by molar-refractivity contribution is 5.83. The molecular formula is C10H9NO4. The molecule has 1 N–H and O–H groups in total. The van der Waals surface area contributed by atoms with Crippen LogP contribution in [0.2, 0.25) is 0 Å². The number of hydrogen-bond acceptors (Lipinski definition) is 3. The first-order valence-electron chi connectivity index (χ1n) is 4.15. The van der Waals surface area contributed by atoms with Crippen molar-refractivity contribution in [3.63, 3.8) is 0 Å². The van der Waals surface area contributed by atoms with E-state index in [-0.39, 0.29) is 12.1 Å². The predicted octanol–water partition coefficient (Wildman–Crippen LogP) is 2.08. The zero-order chi connectivity index (χ0) is 11.4. The third-order valence-corrected chi connectivity index (χ3v) is 1.85. The van der Waals surface area contributed by atoms with Crippen LogP contribution in [0.4, 0.5) is 5.69 Å². The van der Waals surface area contributed by atoms with Crippen molar-refractivity contribution in [3.8, 4) is 0 Å². The topological polar surface area (TPSA) is 80.4 Å². The first kappa shape index (κ1) is 10.9. The largest absolute Gasteiger partial charge is 0.481 e. The Hall–Kier alpha value is -2.17. The molecule has 0 heterocycles. The van der Waals surface area contributed by atoms with Crippen LogP contribution >= 0.6 is 0 Å². The third-order valence-electron chi connectivity index (χ3n) is 1.85. The monoisotopic (exact) mass is 207 g/mol. The first-order chi connectivity index (χ1) is 7.00. The maximum atomic E-state index is 10.4. The van der Waals surface area contributed by atoms with Crippen LogP contribution in [0.3, 0.4) is 0 Å². The van der Waals surface area contributed by atoms with E-state index in [0.717, 1.165) is 0 Å². The average Bonchev–Trinajstić information content (AvgIpc) is 2.17. The Labute approximate surface area is 85.8 Å². The Kier molecular flexibility index (Phi) is 3.17. The van der Waals surface area contributed by atoms with Crippen LogP contribution in [0.15, 0.2) is 30.8 Å². The van der Waals surface area contributed by atoms with Gasteiger partial charge in [0.2, 0.25) is 0 Å². The second-order valence-corrected chi connectivity index (χ2v) is 2.98. The van der Waals surface area contributed by atoms with E-state index in [1.54, 1.807) is 0 Å². The molecule has 15 heavy (non-hydrogen) atoms. The van der Waals surface area contributed by atoms with Gasteiger partial charge in [0, 0.05) is 12.1 Å². The molecule has 0 fully saturated rings. The molecule has 0 saturated heterocycles. The number of carboxylic acid groups (broad SMARTS) is 1. The van der Waals surface area contributed by atoms with E-state index in [1.807, 2.05) is 0 Å². The van der Waals surface area contributed by atoms with Crippen molar-refractivity contribution in [1.29, 1.82) is 0 Å². The maximum absolute atomic E-state index is 10.4. The maximum Gasteiger partial charge on any atom is 0.307 e. The summed E-state index contributed by atoms with van der Waals surface area (Å²) in [6.45, 7) is 3.59. The van der Waals surface area contributed by atoms with Crippen LogP contribution in [0, 0.1) is 10.1 Å². The fourth-order valence-corrected chi connectivity index (χ4v) is 1.10. The molecule has 1 rings (SSSR count). The highest BCUT2D eigenvalue weighted by atomic mass is 16.6. The van der Waals surface area contributed by atoms with Crippen molar-refractivity contribution in [1.82, 2.24) is 0 Å². The Balaban J connectivity index is 2.84. The van der Waals surface area contributed by atoms with Gasteiger partial charge in [-0.15, -0.1) is 0 Å². The number of hydrogen-bond donors (Lipinski definition) is 1. The average molecular weight is 207 g/mol. The summed E-state index contributed by atoms with van der Waals surface area (Å²) < 4.78 is 0. The van der Waals surface area contributed by atoms with Gasteiger partial charge >= 0.3 is 5.97 Å². The fraction of sp³-hybridized carbons (Fsp3) is 0.100. The molecule has 0 radical (unpaired) electrons. The summed E-state index contributed by atoms with van der Waals surface area (Å²) in [6.07, 6.45) is -0.169. The predicted molar refractivity (Wildman–Crippen MR) is 54.4 cm³/mol. The van der Waals surface area contributed by atoms with Crippen LogP contribution in [0.5, 0.6) is 0 Å². The molecule has 5 nitrogen and oxygen atoms in total. The van der Waals surface area contributed by atoms with Crippen molar-refractivity contribution >= 4 is 17.2 Å². The minimum atomic E-state index is -0.974. The molecule has 0 aliphatic rings. The summed E-state index contributed by atoms with van der Waals surface area (Å²) in [7, 11) is 0. The summed E-state index contributed by atoms with van der Waals surface area (Å²) in [5.41, 5.74) is 1.00. The van der Waals surface area contributed by atoms with Crippen LogP contribution in [-0.4, -0.2) is 16.0 Å². The van der Waals surface area contributed by atoms with Crippen LogP contribution in [0.1, 0.15) is 12.0 Å². The Morgan fingerprint density at radius 1 is 1.40 bits per heavy atom. The molecule has 0 unspecified atom stereocenters. The minimum absolute atomic E-state index is 0.0260. The number of nitro groups is 1. The van der Waals surface area contributed by atoms with Gasteiger partial charge in [0.1, 0.15) is 0 Å². The van der Waals surface area contributed by atoms with E-state index in [0.29, 0.717) is 11.1 Å². The molecule has 0 spiro atoms. The van der Waals surface area contributed by atoms with Crippen LogP contribution in [-0.2, 0) is 4.79 Å². The fourth-order valence-electron chi connectivity index (χ4n) is 1.10. The highest BCUT2D eigenvalue weighted by Crippen LogP contribution is 2.19. The molecule has 0 bridgehead atoms. The van der Waals surface area contributed by atoms with E-state index in [2.05, 4.69) is 6.58 Å².